The van der Waals surface area contributed by atoms with Gasteiger partial charge in [0.05, 0.1) is 0 Å². The zero-order valence-corrected chi connectivity index (χ0v) is 9.83. The second-order valence-electron chi connectivity index (χ2n) is 4.35. The van der Waals surface area contributed by atoms with E-state index in [0.717, 1.165) is 4.90 Å². The molecule has 0 aromatic heterocycles. The van der Waals surface area contributed by atoms with Crippen molar-refractivity contribution in [3.63, 3.8) is 0 Å². The van der Waals surface area contributed by atoms with Gasteiger partial charge in [-0.3, -0.25) is 0 Å². The number of hydrogen-bond donors (Lipinski definition) is 1. The van der Waals surface area contributed by atoms with Crippen LogP contribution in [0.15, 0.2) is 17.0 Å². The first kappa shape index (κ1) is 11.4. The molecule has 0 aliphatic carbocycles. The number of aryl methyl sites for hydroxylation is 1. The molecule has 0 spiro atoms. The molecule has 3 heteroatoms. The van der Waals surface area contributed by atoms with E-state index in [1.54, 1.807) is 24.8 Å². The average molecular weight is 213 g/mol. The quantitative estimate of drug-likeness (QED) is 0.569. The molecule has 0 amide bonds. The van der Waals surface area contributed by atoms with Crippen molar-refractivity contribution in [3.8, 4) is 0 Å². The van der Waals surface area contributed by atoms with Crippen LogP contribution in [0.3, 0.4) is 0 Å². The fourth-order valence-corrected chi connectivity index (χ4v) is 2.16. The molecule has 0 fully saturated rings. The standard InChI is InChI=1S/C11H16FNS/c1-7-5-10(14-11(2,3)4)9(13)6-8(7)12/h5-6H,13H2,1-4H3. The van der Waals surface area contributed by atoms with Crippen molar-refractivity contribution in [3.05, 3.63) is 23.5 Å². The van der Waals surface area contributed by atoms with Gasteiger partial charge < -0.3 is 5.73 Å². The van der Waals surface area contributed by atoms with Crippen LogP contribution in [0.5, 0.6) is 0 Å². The monoisotopic (exact) mass is 213 g/mol. The molecule has 1 aromatic rings. The Morgan fingerprint density at radius 2 is 1.86 bits per heavy atom. The summed E-state index contributed by atoms with van der Waals surface area (Å²) < 4.78 is 13.2. The third kappa shape index (κ3) is 2.91. The molecule has 0 aliphatic heterocycles. The molecule has 1 rings (SSSR count). The van der Waals surface area contributed by atoms with Crippen LogP contribution >= 0.6 is 11.8 Å². The molecule has 0 radical (unpaired) electrons. The maximum absolute atomic E-state index is 13.1. The second-order valence-corrected chi connectivity index (χ2v) is 6.22. The van der Waals surface area contributed by atoms with Gasteiger partial charge in [0.1, 0.15) is 5.82 Å². The number of benzene rings is 1. The average Bonchev–Trinajstić information content (AvgIpc) is 1.97. The van der Waals surface area contributed by atoms with Crippen molar-refractivity contribution in [2.75, 3.05) is 5.73 Å². The maximum Gasteiger partial charge on any atom is 0.128 e. The highest BCUT2D eigenvalue weighted by Gasteiger charge is 2.15. The summed E-state index contributed by atoms with van der Waals surface area (Å²) in [7, 11) is 0. The molecular weight excluding hydrogens is 197 g/mol. The van der Waals surface area contributed by atoms with Crippen LogP contribution in [-0.4, -0.2) is 4.75 Å². The molecule has 0 bridgehead atoms. The van der Waals surface area contributed by atoms with Gasteiger partial charge in [0, 0.05) is 15.3 Å². The summed E-state index contributed by atoms with van der Waals surface area (Å²) in [5.74, 6) is -0.235. The Kier molecular flexibility index (Phi) is 3.10. The van der Waals surface area contributed by atoms with Crippen LogP contribution in [-0.2, 0) is 0 Å². The molecular formula is C11H16FNS. The highest BCUT2D eigenvalue weighted by molar-refractivity contribution is 8.00. The van der Waals surface area contributed by atoms with Crippen LogP contribution in [0, 0.1) is 12.7 Å². The molecule has 2 N–H and O–H groups in total. The Morgan fingerprint density at radius 1 is 1.29 bits per heavy atom. The van der Waals surface area contributed by atoms with Gasteiger partial charge in [-0.15, -0.1) is 11.8 Å². The molecule has 1 nitrogen and oxygen atoms in total. The molecule has 0 atom stereocenters. The van der Waals surface area contributed by atoms with E-state index in [4.69, 9.17) is 5.73 Å². The smallest absolute Gasteiger partial charge is 0.128 e. The lowest BCUT2D eigenvalue weighted by molar-refractivity contribution is 0.618. The molecule has 0 unspecified atom stereocenters. The third-order valence-corrected chi connectivity index (χ3v) is 2.89. The van der Waals surface area contributed by atoms with Gasteiger partial charge in [0.25, 0.3) is 0 Å². The van der Waals surface area contributed by atoms with Crippen LogP contribution in [0.25, 0.3) is 0 Å². The first-order valence-electron chi connectivity index (χ1n) is 4.54. The van der Waals surface area contributed by atoms with E-state index in [-0.39, 0.29) is 10.6 Å². The topological polar surface area (TPSA) is 26.0 Å². The predicted molar refractivity (Wildman–Crippen MR) is 61.2 cm³/mol. The number of nitrogen functional groups attached to an aromatic ring is 1. The second kappa shape index (κ2) is 3.81. The lowest BCUT2D eigenvalue weighted by atomic mass is 10.2. The van der Waals surface area contributed by atoms with Crippen LogP contribution < -0.4 is 5.73 Å². The van der Waals surface area contributed by atoms with E-state index in [2.05, 4.69) is 20.8 Å². The van der Waals surface area contributed by atoms with Gasteiger partial charge in [-0.05, 0) is 24.6 Å². The number of anilines is 1. The van der Waals surface area contributed by atoms with Gasteiger partial charge in [-0.2, -0.15) is 0 Å². The Morgan fingerprint density at radius 3 is 2.36 bits per heavy atom. The molecule has 14 heavy (non-hydrogen) atoms. The molecule has 1 aromatic carbocycles. The molecule has 78 valence electrons. The third-order valence-electron chi connectivity index (χ3n) is 1.71. The van der Waals surface area contributed by atoms with E-state index in [0.29, 0.717) is 11.3 Å². The van der Waals surface area contributed by atoms with Crippen molar-refractivity contribution < 1.29 is 4.39 Å². The molecule has 0 saturated heterocycles. The largest absolute Gasteiger partial charge is 0.398 e. The summed E-state index contributed by atoms with van der Waals surface area (Å²) in [6.45, 7) is 8.07. The summed E-state index contributed by atoms with van der Waals surface area (Å²) in [5.41, 5.74) is 6.90. The van der Waals surface area contributed by atoms with Crippen molar-refractivity contribution in [1.82, 2.24) is 0 Å². The number of hydrogen-bond acceptors (Lipinski definition) is 2. The van der Waals surface area contributed by atoms with Crippen molar-refractivity contribution in [2.24, 2.45) is 0 Å². The Bertz CT molecular complexity index is 342. The Hall–Kier alpha value is -0.700. The predicted octanol–water partition coefficient (Wildman–Crippen LogP) is 3.61. The minimum absolute atomic E-state index is 0.0956. The highest BCUT2D eigenvalue weighted by Crippen LogP contribution is 2.36. The minimum atomic E-state index is -0.235. The maximum atomic E-state index is 13.1. The molecule has 0 heterocycles. The Labute approximate surface area is 88.9 Å². The summed E-state index contributed by atoms with van der Waals surface area (Å²) in [6, 6.07) is 3.20. The highest BCUT2D eigenvalue weighted by atomic mass is 32.2. The number of thioether (sulfide) groups is 1. The van der Waals surface area contributed by atoms with E-state index in [9.17, 15) is 4.39 Å². The van der Waals surface area contributed by atoms with E-state index < -0.39 is 0 Å². The summed E-state index contributed by atoms with van der Waals surface area (Å²) in [4.78, 5) is 0.955. The van der Waals surface area contributed by atoms with Gasteiger partial charge in [-0.25, -0.2) is 4.39 Å². The first-order chi connectivity index (χ1) is 6.29. The lowest BCUT2D eigenvalue weighted by Gasteiger charge is -2.19. The SMILES string of the molecule is Cc1cc(SC(C)(C)C)c(N)cc1F. The van der Waals surface area contributed by atoms with Crippen LogP contribution in [0.4, 0.5) is 10.1 Å². The van der Waals surface area contributed by atoms with E-state index in [1.807, 2.05) is 0 Å². The summed E-state index contributed by atoms with van der Waals surface area (Å²) in [6.07, 6.45) is 0. The van der Waals surface area contributed by atoms with Gasteiger partial charge in [0.2, 0.25) is 0 Å². The fourth-order valence-electron chi connectivity index (χ4n) is 1.09. The van der Waals surface area contributed by atoms with Crippen LogP contribution in [0.2, 0.25) is 0 Å². The Balaban J connectivity index is 3.04. The van der Waals surface area contributed by atoms with Crippen molar-refractivity contribution in [2.45, 2.75) is 37.3 Å². The fraction of sp³-hybridized carbons (Fsp3) is 0.455. The lowest BCUT2D eigenvalue weighted by Crippen LogP contribution is -2.08. The minimum Gasteiger partial charge on any atom is -0.398 e. The van der Waals surface area contributed by atoms with Gasteiger partial charge in [0.15, 0.2) is 0 Å². The number of rotatable bonds is 1. The van der Waals surface area contributed by atoms with Gasteiger partial charge in [-0.1, -0.05) is 20.8 Å². The zero-order chi connectivity index (χ0) is 10.9. The first-order valence-corrected chi connectivity index (χ1v) is 5.36. The van der Waals surface area contributed by atoms with Crippen LogP contribution in [0.1, 0.15) is 26.3 Å². The van der Waals surface area contributed by atoms with Gasteiger partial charge >= 0.3 is 0 Å². The van der Waals surface area contributed by atoms with Crippen molar-refractivity contribution >= 4 is 17.4 Å². The zero-order valence-electron chi connectivity index (χ0n) is 9.02. The normalized spacial score (nSPS) is 11.8. The molecule has 0 aliphatic rings. The van der Waals surface area contributed by atoms with E-state index >= 15 is 0 Å². The number of halogens is 1. The summed E-state index contributed by atoms with van der Waals surface area (Å²) in [5, 5.41) is 0. The van der Waals surface area contributed by atoms with Crippen molar-refractivity contribution in [1.29, 1.82) is 0 Å². The summed E-state index contributed by atoms with van der Waals surface area (Å²) >= 11 is 1.66. The molecule has 0 saturated carbocycles. The number of nitrogens with two attached hydrogens (primary N) is 1. The van der Waals surface area contributed by atoms with E-state index in [1.165, 1.54) is 6.07 Å².